The predicted octanol–water partition coefficient (Wildman–Crippen LogP) is 3.48. The molecule has 1 rings (SSSR count). The minimum atomic E-state index is 0.505. The highest BCUT2D eigenvalue weighted by Crippen LogP contribution is 2.14. The Bertz CT molecular complexity index is 218. The van der Waals surface area contributed by atoms with E-state index in [0.717, 1.165) is 0 Å². The van der Waals surface area contributed by atoms with E-state index in [1.165, 1.54) is 24.3 Å². The van der Waals surface area contributed by atoms with Gasteiger partial charge in [0, 0.05) is 10.9 Å². The average Bonchev–Trinajstić information content (AvgIpc) is 2.21. The van der Waals surface area contributed by atoms with Crippen molar-refractivity contribution in [2.75, 3.05) is 11.5 Å². The lowest BCUT2D eigenvalue weighted by molar-refractivity contribution is 0.891. The molecule has 1 aromatic rings. The third kappa shape index (κ3) is 3.43. The molecule has 0 N–H and O–H groups in total. The van der Waals surface area contributed by atoms with Crippen molar-refractivity contribution >= 4 is 10.9 Å². The molecule has 0 saturated heterocycles. The summed E-state index contributed by atoms with van der Waals surface area (Å²) >= 11 is 0. The van der Waals surface area contributed by atoms with Gasteiger partial charge < -0.3 is 0 Å². The number of rotatable bonds is 5. The van der Waals surface area contributed by atoms with Crippen LogP contribution in [0.3, 0.4) is 0 Å². The van der Waals surface area contributed by atoms with Crippen molar-refractivity contribution in [3.05, 3.63) is 30.3 Å². The fraction of sp³-hybridized carbons (Fsp3) is 0.500. The zero-order chi connectivity index (χ0) is 9.52. The van der Waals surface area contributed by atoms with Crippen molar-refractivity contribution in [3.63, 3.8) is 0 Å². The third-order valence-corrected chi connectivity index (χ3v) is 4.59. The fourth-order valence-electron chi connectivity index (χ4n) is 1.36. The molecular weight excluding hydrogens is 176 g/mol. The van der Waals surface area contributed by atoms with Gasteiger partial charge in [0.15, 0.2) is 4.90 Å². The first-order valence-electron chi connectivity index (χ1n) is 5.11. The molecule has 0 bridgehead atoms. The maximum atomic E-state index is 2.30. The van der Waals surface area contributed by atoms with E-state index in [-0.39, 0.29) is 0 Å². The van der Waals surface area contributed by atoms with Gasteiger partial charge in [-0.05, 0) is 25.5 Å². The van der Waals surface area contributed by atoms with Crippen LogP contribution in [-0.2, 0) is 10.9 Å². The second-order valence-electron chi connectivity index (χ2n) is 3.15. The van der Waals surface area contributed by atoms with E-state index in [1.54, 1.807) is 4.90 Å². The van der Waals surface area contributed by atoms with E-state index in [4.69, 9.17) is 0 Å². The van der Waals surface area contributed by atoms with Gasteiger partial charge in [-0.3, -0.25) is 0 Å². The molecule has 72 valence electrons. The molecule has 1 heteroatoms. The highest BCUT2D eigenvalue weighted by Gasteiger charge is 2.17. The normalized spacial score (nSPS) is 12.8. The Morgan fingerprint density at radius 3 is 2.31 bits per heavy atom. The fourth-order valence-corrected chi connectivity index (χ4v) is 3.40. The lowest BCUT2D eigenvalue weighted by Gasteiger charge is -2.04. The molecule has 13 heavy (non-hydrogen) atoms. The number of hydrogen-bond acceptors (Lipinski definition) is 0. The quantitative estimate of drug-likeness (QED) is 0.631. The van der Waals surface area contributed by atoms with Crippen molar-refractivity contribution in [3.8, 4) is 0 Å². The van der Waals surface area contributed by atoms with Crippen LogP contribution in [0.1, 0.15) is 26.7 Å². The van der Waals surface area contributed by atoms with Gasteiger partial charge in [-0.1, -0.05) is 31.5 Å². The Labute approximate surface area is 84.7 Å². The van der Waals surface area contributed by atoms with Crippen molar-refractivity contribution < 1.29 is 0 Å². The van der Waals surface area contributed by atoms with Crippen LogP contribution in [0, 0.1) is 0 Å². The maximum absolute atomic E-state index is 2.30. The molecule has 0 nitrogen and oxygen atoms in total. The van der Waals surface area contributed by atoms with Gasteiger partial charge in [0.2, 0.25) is 0 Å². The SMILES string of the molecule is CCCC[S+](CC)c1ccccc1. The summed E-state index contributed by atoms with van der Waals surface area (Å²) in [5, 5.41) is 0. The second-order valence-corrected chi connectivity index (χ2v) is 5.59. The van der Waals surface area contributed by atoms with Crippen LogP contribution in [-0.4, -0.2) is 11.5 Å². The molecule has 1 atom stereocenters. The smallest absolute Gasteiger partial charge is 0.0652 e. The molecule has 0 spiro atoms. The summed E-state index contributed by atoms with van der Waals surface area (Å²) in [5.41, 5.74) is 0. The zero-order valence-corrected chi connectivity index (χ0v) is 9.44. The van der Waals surface area contributed by atoms with E-state index in [9.17, 15) is 0 Å². The molecule has 1 aromatic carbocycles. The lowest BCUT2D eigenvalue weighted by Crippen LogP contribution is -2.10. The monoisotopic (exact) mass is 195 g/mol. The van der Waals surface area contributed by atoms with E-state index in [0.29, 0.717) is 10.9 Å². The minimum absolute atomic E-state index is 0.505. The molecule has 0 aliphatic carbocycles. The molecule has 0 aliphatic rings. The summed E-state index contributed by atoms with van der Waals surface area (Å²) in [6, 6.07) is 10.9. The Hall–Kier alpha value is -0.430. The summed E-state index contributed by atoms with van der Waals surface area (Å²) in [4.78, 5) is 1.54. The molecule has 0 aromatic heterocycles. The Balaban J connectivity index is 2.56. The van der Waals surface area contributed by atoms with Gasteiger partial charge in [0.05, 0.1) is 0 Å². The van der Waals surface area contributed by atoms with E-state index in [2.05, 4.69) is 44.2 Å². The van der Waals surface area contributed by atoms with Gasteiger partial charge in [-0.15, -0.1) is 0 Å². The highest BCUT2D eigenvalue weighted by molar-refractivity contribution is 7.96. The van der Waals surface area contributed by atoms with E-state index in [1.807, 2.05) is 0 Å². The molecule has 0 radical (unpaired) electrons. The van der Waals surface area contributed by atoms with Crippen LogP contribution >= 0.6 is 0 Å². The first-order valence-corrected chi connectivity index (χ1v) is 6.67. The average molecular weight is 195 g/mol. The second kappa shape index (κ2) is 6.09. The van der Waals surface area contributed by atoms with Crippen molar-refractivity contribution in [1.29, 1.82) is 0 Å². The third-order valence-electron chi connectivity index (χ3n) is 2.17. The van der Waals surface area contributed by atoms with Crippen LogP contribution in [0.15, 0.2) is 35.2 Å². The van der Waals surface area contributed by atoms with Crippen LogP contribution < -0.4 is 0 Å². The standard InChI is InChI=1S/C12H19S/c1-3-5-11-13(4-2)12-9-7-6-8-10-12/h6-10H,3-5,11H2,1-2H3/q+1. The Kier molecular flexibility index (Phi) is 4.99. The van der Waals surface area contributed by atoms with Crippen LogP contribution in [0.4, 0.5) is 0 Å². The molecule has 0 amide bonds. The molecule has 0 fully saturated rings. The Morgan fingerprint density at radius 2 is 1.77 bits per heavy atom. The largest absolute Gasteiger partial charge is 0.154 e. The molecule has 0 aliphatic heterocycles. The molecule has 1 unspecified atom stereocenters. The zero-order valence-electron chi connectivity index (χ0n) is 8.62. The summed E-state index contributed by atoms with van der Waals surface area (Å²) in [5.74, 6) is 2.67. The topological polar surface area (TPSA) is 0 Å². The first-order chi connectivity index (χ1) is 6.38. The van der Waals surface area contributed by atoms with E-state index >= 15 is 0 Å². The highest BCUT2D eigenvalue weighted by atomic mass is 32.2. The Morgan fingerprint density at radius 1 is 1.08 bits per heavy atom. The van der Waals surface area contributed by atoms with Crippen molar-refractivity contribution in [2.45, 2.75) is 31.6 Å². The minimum Gasteiger partial charge on any atom is -0.0652 e. The number of hydrogen-bond donors (Lipinski definition) is 0. The molecular formula is C12H19S+. The maximum Gasteiger partial charge on any atom is 0.154 e. The summed E-state index contributed by atoms with van der Waals surface area (Å²) in [6.45, 7) is 4.56. The van der Waals surface area contributed by atoms with E-state index < -0.39 is 0 Å². The van der Waals surface area contributed by atoms with Gasteiger partial charge in [0.25, 0.3) is 0 Å². The molecule has 0 heterocycles. The van der Waals surface area contributed by atoms with Crippen LogP contribution in [0.5, 0.6) is 0 Å². The lowest BCUT2D eigenvalue weighted by atomic mass is 10.4. The molecule has 0 saturated carbocycles. The van der Waals surface area contributed by atoms with Crippen molar-refractivity contribution in [1.82, 2.24) is 0 Å². The summed E-state index contributed by atoms with van der Waals surface area (Å²) in [7, 11) is 0.505. The predicted molar refractivity (Wildman–Crippen MR) is 62.4 cm³/mol. The number of unbranched alkanes of at least 4 members (excludes halogenated alkanes) is 1. The first kappa shape index (κ1) is 10.6. The summed E-state index contributed by atoms with van der Waals surface area (Å²) in [6.07, 6.45) is 2.68. The van der Waals surface area contributed by atoms with Gasteiger partial charge in [0.1, 0.15) is 11.5 Å². The van der Waals surface area contributed by atoms with Crippen LogP contribution in [0.2, 0.25) is 0 Å². The van der Waals surface area contributed by atoms with Gasteiger partial charge >= 0.3 is 0 Å². The van der Waals surface area contributed by atoms with Crippen molar-refractivity contribution in [2.24, 2.45) is 0 Å². The summed E-state index contributed by atoms with van der Waals surface area (Å²) < 4.78 is 0. The van der Waals surface area contributed by atoms with Crippen LogP contribution in [0.25, 0.3) is 0 Å². The van der Waals surface area contributed by atoms with Gasteiger partial charge in [-0.2, -0.15) is 0 Å². The number of benzene rings is 1. The van der Waals surface area contributed by atoms with Gasteiger partial charge in [-0.25, -0.2) is 0 Å².